The van der Waals surface area contributed by atoms with Gasteiger partial charge in [0.25, 0.3) is 0 Å². The summed E-state index contributed by atoms with van der Waals surface area (Å²) in [5.74, 6) is 0. The van der Waals surface area contributed by atoms with E-state index >= 15 is 0 Å². The molecule has 0 aromatic carbocycles. The van der Waals surface area contributed by atoms with Gasteiger partial charge in [0.15, 0.2) is 0 Å². The van der Waals surface area contributed by atoms with Crippen LogP contribution in [0.1, 0.15) is 31.2 Å². The van der Waals surface area contributed by atoms with E-state index < -0.39 is 0 Å². The first-order chi connectivity index (χ1) is 7.95. The van der Waals surface area contributed by atoms with Crippen molar-refractivity contribution in [2.75, 3.05) is 26.2 Å². The molecule has 0 aliphatic carbocycles. The average Bonchev–Trinajstić information content (AvgIpc) is 2.83. The first kappa shape index (κ1) is 11.6. The van der Waals surface area contributed by atoms with Crippen LogP contribution in [0.15, 0.2) is 12.4 Å². The third kappa shape index (κ3) is 3.94. The summed E-state index contributed by atoms with van der Waals surface area (Å²) >= 11 is 0. The summed E-state index contributed by atoms with van der Waals surface area (Å²) in [7, 11) is 0. The van der Waals surface area contributed by atoms with Gasteiger partial charge in [-0.2, -0.15) is 5.10 Å². The van der Waals surface area contributed by atoms with E-state index in [0.717, 1.165) is 13.1 Å². The van der Waals surface area contributed by atoms with Gasteiger partial charge in [-0.1, -0.05) is 6.42 Å². The Kier molecular flexibility index (Phi) is 4.83. The Balaban J connectivity index is 1.48. The summed E-state index contributed by atoms with van der Waals surface area (Å²) in [5.41, 5.74) is 1.23. The van der Waals surface area contributed by atoms with Crippen molar-refractivity contribution in [3.05, 3.63) is 18.0 Å². The summed E-state index contributed by atoms with van der Waals surface area (Å²) in [6.07, 6.45) is 9.27. The molecule has 1 fully saturated rings. The van der Waals surface area contributed by atoms with Crippen molar-refractivity contribution >= 4 is 0 Å². The van der Waals surface area contributed by atoms with Gasteiger partial charge in [-0.25, -0.2) is 0 Å². The van der Waals surface area contributed by atoms with E-state index in [9.17, 15) is 0 Å². The predicted molar refractivity (Wildman–Crippen MR) is 65.2 cm³/mol. The van der Waals surface area contributed by atoms with Gasteiger partial charge >= 0.3 is 0 Å². The Bertz CT molecular complexity index is 265. The van der Waals surface area contributed by atoms with E-state index in [1.807, 2.05) is 12.4 Å². The van der Waals surface area contributed by atoms with Gasteiger partial charge in [0.1, 0.15) is 0 Å². The topological polar surface area (TPSA) is 44.0 Å². The lowest BCUT2D eigenvalue weighted by atomic mass is 10.1. The zero-order valence-corrected chi connectivity index (χ0v) is 9.91. The highest BCUT2D eigenvalue weighted by Crippen LogP contribution is 2.08. The van der Waals surface area contributed by atoms with Gasteiger partial charge in [-0.15, -0.1) is 0 Å². The Morgan fingerprint density at radius 1 is 1.31 bits per heavy atom. The number of rotatable bonds is 6. The van der Waals surface area contributed by atoms with Crippen LogP contribution in [0.3, 0.4) is 0 Å². The van der Waals surface area contributed by atoms with Crippen molar-refractivity contribution in [1.82, 2.24) is 20.4 Å². The second kappa shape index (κ2) is 6.66. The number of likely N-dealkylation sites (tertiary alicyclic amines) is 1. The van der Waals surface area contributed by atoms with Crippen molar-refractivity contribution in [1.29, 1.82) is 0 Å². The quantitative estimate of drug-likeness (QED) is 0.715. The number of hydrogen-bond donors (Lipinski definition) is 2. The maximum Gasteiger partial charge on any atom is 0.0532 e. The van der Waals surface area contributed by atoms with Crippen LogP contribution in [-0.2, 0) is 6.54 Å². The molecule has 4 nitrogen and oxygen atoms in total. The fourth-order valence-electron chi connectivity index (χ4n) is 2.22. The molecule has 0 atom stereocenters. The van der Waals surface area contributed by atoms with Crippen LogP contribution >= 0.6 is 0 Å². The molecule has 16 heavy (non-hydrogen) atoms. The fourth-order valence-corrected chi connectivity index (χ4v) is 2.22. The lowest BCUT2D eigenvalue weighted by molar-refractivity contribution is 0.225. The molecular weight excluding hydrogens is 200 g/mol. The summed E-state index contributed by atoms with van der Waals surface area (Å²) in [6.45, 7) is 5.89. The van der Waals surface area contributed by atoms with Crippen molar-refractivity contribution in [2.45, 2.75) is 32.2 Å². The third-order valence-corrected chi connectivity index (χ3v) is 3.16. The van der Waals surface area contributed by atoms with E-state index in [2.05, 4.69) is 20.4 Å². The van der Waals surface area contributed by atoms with Crippen LogP contribution in [0.4, 0.5) is 0 Å². The molecule has 0 spiro atoms. The maximum absolute atomic E-state index is 3.92. The molecule has 2 N–H and O–H groups in total. The van der Waals surface area contributed by atoms with Gasteiger partial charge in [0.05, 0.1) is 6.20 Å². The number of H-pyrrole nitrogens is 1. The standard InChI is InChI=1S/C12H22N4/c1-2-6-16(7-3-1)8-4-5-13-9-12-10-14-15-11-12/h10-11,13H,1-9H2,(H,14,15). The van der Waals surface area contributed by atoms with Crippen molar-refractivity contribution < 1.29 is 0 Å². The van der Waals surface area contributed by atoms with Gasteiger partial charge in [-0.3, -0.25) is 5.10 Å². The lowest BCUT2D eigenvalue weighted by Gasteiger charge is -2.26. The molecular formula is C12H22N4. The third-order valence-electron chi connectivity index (χ3n) is 3.16. The van der Waals surface area contributed by atoms with Crippen LogP contribution in [0.5, 0.6) is 0 Å². The maximum atomic E-state index is 3.92. The van der Waals surface area contributed by atoms with Gasteiger partial charge < -0.3 is 10.2 Å². The van der Waals surface area contributed by atoms with E-state index in [-0.39, 0.29) is 0 Å². The summed E-state index contributed by atoms with van der Waals surface area (Å²) in [6, 6.07) is 0. The van der Waals surface area contributed by atoms with E-state index in [0.29, 0.717) is 0 Å². The SMILES string of the molecule is c1n[nH]cc1CNCCCN1CCCCC1. The van der Waals surface area contributed by atoms with Crippen LogP contribution in [0.2, 0.25) is 0 Å². The van der Waals surface area contributed by atoms with Crippen LogP contribution in [0, 0.1) is 0 Å². The molecule has 1 aliphatic rings. The van der Waals surface area contributed by atoms with Crippen LogP contribution in [0.25, 0.3) is 0 Å². The predicted octanol–water partition coefficient (Wildman–Crippen LogP) is 1.38. The molecule has 0 unspecified atom stereocenters. The lowest BCUT2D eigenvalue weighted by Crippen LogP contribution is -2.32. The molecule has 0 saturated carbocycles. The molecule has 1 aromatic heterocycles. The first-order valence-electron chi connectivity index (χ1n) is 6.36. The number of hydrogen-bond acceptors (Lipinski definition) is 3. The normalized spacial score (nSPS) is 17.8. The number of nitrogens with zero attached hydrogens (tertiary/aromatic N) is 2. The number of piperidine rings is 1. The Morgan fingerprint density at radius 3 is 2.94 bits per heavy atom. The summed E-state index contributed by atoms with van der Waals surface area (Å²) < 4.78 is 0. The van der Waals surface area contributed by atoms with Crippen LogP contribution < -0.4 is 5.32 Å². The molecule has 2 heterocycles. The zero-order chi connectivity index (χ0) is 11.1. The van der Waals surface area contributed by atoms with Crippen molar-refractivity contribution in [3.8, 4) is 0 Å². The van der Waals surface area contributed by atoms with Crippen molar-refractivity contribution in [2.24, 2.45) is 0 Å². The molecule has 0 radical (unpaired) electrons. The Morgan fingerprint density at radius 2 is 2.19 bits per heavy atom. The monoisotopic (exact) mass is 222 g/mol. The molecule has 1 saturated heterocycles. The second-order valence-corrected chi connectivity index (χ2v) is 4.54. The molecule has 1 aromatic rings. The Labute approximate surface area is 97.4 Å². The largest absolute Gasteiger partial charge is 0.313 e. The average molecular weight is 222 g/mol. The van der Waals surface area contributed by atoms with Gasteiger partial charge in [0, 0.05) is 18.3 Å². The summed E-state index contributed by atoms with van der Waals surface area (Å²) in [5, 5.41) is 10.2. The first-order valence-corrected chi connectivity index (χ1v) is 6.36. The highest BCUT2D eigenvalue weighted by atomic mass is 15.1. The van der Waals surface area contributed by atoms with E-state index in [1.165, 1.54) is 50.9 Å². The van der Waals surface area contributed by atoms with E-state index in [4.69, 9.17) is 0 Å². The minimum atomic E-state index is 0.927. The Hall–Kier alpha value is -0.870. The number of aromatic nitrogens is 2. The molecule has 0 bridgehead atoms. The molecule has 1 aliphatic heterocycles. The minimum Gasteiger partial charge on any atom is -0.313 e. The van der Waals surface area contributed by atoms with Gasteiger partial charge in [0.2, 0.25) is 0 Å². The van der Waals surface area contributed by atoms with E-state index in [1.54, 1.807) is 0 Å². The molecule has 0 amide bonds. The second-order valence-electron chi connectivity index (χ2n) is 4.54. The van der Waals surface area contributed by atoms with Crippen molar-refractivity contribution in [3.63, 3.8) is 0 Å². The van der Waals surface area contributed by atoms with Crippen LogP contribution in [-0.4, -0.2) is 41.3 Å². The smallest absolute Gasteiger partial charge is 0.0532 e. The summed E-state index contributed by atoms with van der Waals surface area (Å²) in [4.78, 5) is 2.59. The highest BCUT2D eigenvalue weighted by molar-refractivity contribution is 5.01. The molecule has 90 valence electrons. The molecule has 4 heteroatoms. The number of aromatic amines is 1. The minimum absolute atomic E-state index is 0.927. The fraction of sp³-hybridized carbons (Fsp3) is 0.750. The highest BCUT2D eigenvalue weighted by Gasteiger charge is 2.08. The van der Waals surface area contributed by atoms with Gasteiger partial charge in [-0.05, 0) is 45.4 Å². The zero-order valence-electron chi connectivity index (χ0n) is 9.91. The number of nitrogens with one attached hydrogen (secondary N) is 2. The molecule has 2 rings (SSSR count).